The van der Waals surface area contributed by atoms with Crippen LogP contribution in [-0.4, -0.2) is 54.7 Å². The average Bonchev–Trinajstić information content (AvgIpc) is 2.56. The summed E-state index contributed by atoms with van der Waals surface area (Å²) in [5, 5.41) is 0.804. The largest absolute Gasteiger partial charge is 0.369 e. The van der Waals surface area contributed by atoms with Gasteiger partial charge >= 0.3 is 0 Å². The maximum Gasteiger partial charge on any atom is 0.0423 e. The van der Waals surface area contributed by atoms with Gasteiger partial charge in [0.2, 0.25) is 0 Å². The maximum absolute atomic E-state index is 6.15. The fraction of sp³-hybridized carbons (Fsp3) is 0.625. The van der Waals surface area contributed by atoms with Crippen molar-refractivity contribution in [2.45, 2.75) is 18.4 Å². The molecular formula is C16H24ClN3S. The molecule has 5 heteroatoms. The fourth-order valence-electron chi connectivity index (χ4n) is 3.47. The van der Waals surface area contributed by atoms with Crippen LogP contribution in [0.2, 0.25) is 5.02 Å². The van der Waals surface area contributed by atoms with Gasteiger partial charge < -0.3 is 10.6 Å². The quantitative estimate of drug-likeness (QED) is 0.926. The van der Waals surface area contributed by atoms with Crippen molar-refractivity contribution < 1.29 is 0 Å². The van der Waals surface area contributed by atoms with Crippen LogP contribution in [0, 0.1) is 0 Å². The van der Waals surface area contributed by atoms with Crippen molar-refractivity contribution in [1.82, 2.24) is 4.90 Å². The number of nitrogens with zero attached hydrogens (tertiary/aromatic N) is 2. The summed E-state index contributed by atoms with van der Waals surface area (Å²) < 4.78 is 0. The zero-order valence-electron chi connectivity index (χ0n) is 12.4. The molecule has 2 saturated heterocycles. The van der Waals surface area contributed by atoms with Crippen molar-refractivity contribution in [1.29, 1.82) is 0 Å². The van der Waals surface area contributed by atoms with Gasteiger partial charge in [0.1, 0.15) is 0 Å². The van der Waals surface area contributed by atoms with Crippen molar-refractivity contribution in [3.8, 4) is 0 Å². The van der Waals surface area contributed by atoms with E-state index in [9.17, 15) is 0 Å². The predicted molar refractivity (Wildman–Crippen MR) is 93.6 cm³/mol. The Morgan fingerprint density at radius 2 is 1.86 bits per heavy atom. The van der Waals surface area contributed by atoms with E-state index in [1.807, 2.05) is 12.1 Å². The molecule has 0 spiro atoms. The van der Waals surface area contributed by atoms with E-state index in [0.717, 1.165) is 37.7 Å². The van der Waals surface area contributed by atoms with Crippen LogP contribution in [0.15, 0.2) is 24.3 Å². The van der Waals surface area contributed by atoms with Gasteiger partial charge in [-0.1, -0.05) is 11.6 Å². The summed E-state index contributed by atoms with van der Waals surface area (Å²) in [6, 6.07) is 8.19. The number of piperazine rings is 1. The fourth-order valence-corrected chi connectivity index (χ4v) is 4.91. The predicted octanol–water partition coefficient (Wildman–Crippen LogP) is 2.69. The molecule has 2 aliphatic rings. The third-order valence-electron chi connectivity index (χ3n) is 4.82. The molecule has 0 aromatic heterocycles. The van der Waals surface area contributed by atoms with Crippen molar-refractivity contribution in [3.05, 3.63) is 29.3 Å². The molecule has 2 aliphatic heterocycles. The highest BCUT2D eigenvalue weighted by atomic mass is 35.5. The summed E-state index contributed by atoms with van der Waals surface area (Å²) in [5.74, 6) is 2.50. The van der Waals surface area contributed by atoms with Crippen LogP contribution < -0.4 is 10.6 Å². The molecule has 3 nitrogen and oxygen atoms in total. The van der Waals surface area contributed by atoms with Gasteiger partial charge in [0.15, 0.2) is 0 Å². The lowest BCUT2D eigenvalue weighted by Gasteiger charge is -2.49. The topological polar surface area (TPSA) is 32.5 Å². The van der Waals surface area contributed by atoms with Crippen LogP contribution in [0.4, 0.5) is 5.69 Å². The van der Waals surface area contributed by atoms with E-state index in [1.165, 1.54) is 30.0 Å². The van der Waals surface area contributed by atoms with Gasteiger partial charge in [-0.3, -0.25) is 4.90 Å². The average molecular weight is 326 g/mol. The van der Waals surface area contributed by atoms with Crippen LogP contribution in [0.1, 0.15) is 12.8 Å². The van der Waals surface area contributed by atoms with E-state index >= 15 is 0 Å². The Morgan fingerprint density at radius 1 is 1.14 bits per heavy atom. The first kappa shape index (κ1) is 15.5. The first-order chi connectivity index (χ1) is 10.2. The van der Waals surface area contributed by atoms with Crippen molar-refractivity contribution >= 4 is 29.1 Å². The van der Waals surface area contributed by atoms with Crippen LogP contribution >= 0.6 is 23.4 Å². The van der Waals surface area contributed by atoms with Crippen LogP contribution in [0.5, 0.6) is 0 Å². The van der Waals surface area contributed by atoms with Gasteiger partial charge in [-0.2, -0.15) is 11.8 Å². The van der Waals surface area contributed by atoms with E-state index in [1.54, 1.807) is 0 Å². The summed E-state index contributed by atoms with van der Waals surface area (Å²) in [7, 11) is 0. The monoisotopic (exact) mass is 325 g/mol. The number of rotatable bonds is 3. The smallest absolute Gasteiger partial charge is 0.0423 e. The first-order valence-electron chi connectivity index (χ1n) is 7.77. The van der Waals surface area contributed by atoms with Gasteiger partial charge in [-0.05, 0) is 42.9 Å². The second kappa shape index (κ2) is 6.78. The normalized spacial score (nSPS) is 27.8. The molecule has 2 heterocycles. The third-order valence-corrected chi connectivity index (χ3v) is 6.39. The summed E-state index contributed by atoms with van der Waals surface area (Å²) >= 11 is 8.04. The Labute approximate surface area is 136 Å². The van der Waals surface area contributed by atoms with E-state index < -0.39 is 0 Å². The molecule has 21 heavy (non-hydrogen) atoms. The standard InChI is InChI=1S/C16H24ClN3S/c17-14-2-4-15(5-3-14)19-7-9-20(10-8-19)16(12-18)6-1-11-21-13-16/h2-5H,1,6-13,18H2. The third kappa shape index (κ3) is 3.34. The Bertz CT molecular complexity index is 451. The molecular weight excluding hydrogens is 302 g/mol. The highest BCUT2D eigenvalue weighted by Gasteiger charge is 2.38. The molecule has 3 rings (SSSR count). The minimum absolute atomic E-state index is 0.245. The number of nitrogens with two attached hydrogens (primary N) is 1. The van der Waals surface area contributed by atoms with Gasteiger partial charge in [0, 0.05) is 54.7 Å². The van der Waals surface area contributed by atoms with Crippen LogP contribution in [0.3, 0.4) is 0 Å². The Morgan fingerprint density at radius 3 is 2.43 bits per heavy atom. The number of anilines is 1. The van der Waals surface area contributed by atoms with Crippen LogP contribution in [0.25, 0.3) is 0 Å². The molecule has 2 fully saturated rings. The molecule has 0 bridgehead atoms. The maximum atomic E-state index is 6.15. The lowest BCUT2D eigenvalue weighted by Crippen LogP contribution is -2.62. The van der Waals surface area contributed by atoms with Crippen molar-refractivity contribution in [2.75, 3.05) is 49.1 Å². The molecule has 1 aromatic carbocycles. The minimum atomic E-state index is 0.245. The highest BCUT2D eigenvalue weighted by molar-refractivity contribution is 7.99. The van der Waals surface area contributed by atoms with Gasteiger partial charge in [0.25, 0.3) is 0 Å². The Hall–Kier alpha value is -0.420. The lowest BCUT2D eigenvalue weighted by molar-refractivity contribution is 0.0954. The van der Waals surface area contributed by atoms with E-state index in [4.69, 9.17) is 17.3 Å². The number of hydrogen-bond acceptors (Lipinski definition) is 4. The Balaban J connectivity index is 1.63. The molecule has 0 aliphatic carbocycles. The van der Waals surface area contributed by atoms with E-state index in [-0.39, 0.29) is 5.54 Å². The van der Waals surface area contributed by atoms with Gasteiger partial charge in [-0.25, -0.2) is 0 Å². The number of hydrogen-bond donors (Lipinski definition) is 1. The van der Waals surface area contributed by atoms with Crippen molar-refractivity contribution in [3.63, 3.8) is 0 Å². The molecule has 0 radical (unpaired) electrons. The molecule has 116 valence electrons. The molecule has 1 atom stereocenters. The molecule has 0 saturated carbocycles. The molecule has 1 aromatic rings. The highest BCUT2D eigenvalue weighted by Crippen LogP contribution is 2.32. The second-order valence-electron chi connectivity index (χ2n) is 6.04. The summed E-state index contributed by atoms with van der Waals surface area (Å²) in [6.45, 7) is 5.17. The molecule has 2 N–H and O–H groups in total. The summed E-state index contributed by atoms with van der Waals surface area (Å²) in [6.07, 6.45) is 2.57. The zero-order valence-corrected chi connectivity index (χ0v) is 14.0. The second-order valence-corrected chi connectivity index (χ2v) is 7.58. The van der Waals surface area contributed by atoms with Crippen LogP contribution in [-0.2, 0) is 0 Å². The zero-order chi connectivity index (χ0) is 14.7. The Kier molecular flexibility index (Phi) is 4.99. The summed E-state index contributed by atoms with van der Waals surface area (Å²) in [5.41, 5.74) is 7.67. The van der Waals surface area contributed by atoms with Gasteiger partial charge in [0.05, 0.1) is 0 Å². The minimum Gasteiger partial charge on any atom is -0.369 e. The first-order valence-corrected chi connectivity index (χ1v) is 9.30. The number of thioether (sulfide) groups is 1. The van der Waals surface area contributed by atoms with E-state index in [0.29, 0.717) is 0 Å². The molecule has 1 unspecified atom stereocenters. The number of benzene rings is 1. The van der Waals surface area contributed by atoms with E-state index in [2.05, 4.69) is 33.7 Å². The van der Waals surface area contributed by atoms with Crippen molar-refractivity contribution in [2.24, 2.45) is 5.73 Å². The lowest BCUT2D eigenvalue weighted by atomic mass is 9.92. The molecule has 0 amide bonds. The SMILES string of the molecule is NCC1(N2CCN(c3ccc(Cl)cc3)CC2)CCCSC1. The van der Waals surface area contributed by atoms with Gasteiger partial charge in [-0.15, -0.1) is 0 Å². The summed E-state index contributed by atoms with van der Waals surface area (Å²) in [4.78, 5) is 5.10. The number of halogens is 1.